The van der Waals surface area contributed by atoms with Crippen molar-refractivity contribution in [1.82, 2.24) is 19.3 Å². The fourth-order valence-electron chi connectivity index (χ4n) is 4.27. The molecule has 0 radical (unpaired) electrons. The third-order valence-corrected chi connectivity index (χ3v) is 6.60. The number of fused-ring (bicyclic) bond motifs is 1. The molecule has 0 bridgehead atoms. The second-order valence-corrected chi connectivity index (χ2v) is 8.85. The number of nitriles is 1. The summed E-state index contributed by atoms with van der Waals surface area (Å²) in [5.74, 6) is -0.120. The largest absolute Gasteiger partial charge is 0.406 e. The number of nitrogens with zero attached hydrogens (tertiary/aromatic N) is 5. The van der Waals surface area contributed by atoms with Gasteiger partial charge in [-0.05, 0) is 44.1 Å². The summed E-state index contributed by atoms with van der Waals surface area (Å²) in [6, 6.07) is 2.24. The highest BCUT2D eigenvalue weighted by Crippen LogP contribution is 2.34. The van der Waals surface area contributed by atoms with Gasteiger partial charge in [-0.2, -0.15) is 18.4 Å². The van der Waals surface area contributed by atoms with E-state index in [1.54, 1.807) is 0 Å². The number of alkyl halides is 3. The average Bonchev–Trinajstić information content (AvgIpc) is 3.47. The zero-order valence-corrected chi connectivity index (χ0v) is 18.1. The van der Waals surface area contributed by atoms with Gasteiger partial charge in [0.1, 0.15) is 24.8 Å². The molecule has 1 unspecified atom stereocenters. The van der Waals surface area contributed by atoms with Gasteiger partial charge in [0, 0.05) is 12.3 Å². The van der Waals surface area contributed by atoms with E-state index in [-0.39, 0.29) is 17.0 Å². The van der Waals surface area contributed by atoms with Crippen molar-refractivity contribution in [3.05, 3.63) is 23.1 Å². The number of hydrogen-bond acceptors (Lipinski definition) is 6. The summed E-state index contributed by atoms with van der Waals surface area (Å²) < 4.78 is 46.7. The van der Waals surface area contributed by atoms with Crippen LogP contribution in [-0.2, 0) is 35.5 Å². The lowest BCUT2D eigenvalue weighted by molar-refractivity contribution is -0.142. The minimum Gasteiger partial charge on any atom is -0.376 e. The molecule has 12 heteroatoms. The van der Waals surface area contributed by atoms with Crippen LogP contribution in [0.3, 0.4) is 0 Å². The van der Waals surface area contributed by atoms with Crippen LogP contribution in [0.2, 0.25) is 0 Å². The van der Waals surface area contributed by atoms with Gasteiger partial charge in [-0.15, -0.1) is 10.2 Å². The highest BCUT2D eigenvalue weighted by atomic mass is 32.2. The second-order valence-electron chi connectivity index (χ2n) is 7.91. The summed E-state index contributed by atoms with van der Waals surface area (Å²) in [7, 11) is 0. The number of halogens is 3. The quantitative estimate of drug-likeness (QED) is 0.627. The molecule has 8 nitrogen and oxygen atoms in total. The number of anilines is 1. The molecule has 1 atom stereocenters. The number of carbonyl (C=O) groups is 1. The molecule has 1 saturated heterocycles. The van der Waals surface area contributed by atoms with Gasteiger partial charge in [-0.3, -0.25) is 9.36 Å². The van der Waals surface area contributed by atoms with Crippen LogP contribution in [0.1, 0.15) is 42.5 Å². The van der Waals surface area contributed by atoms with Crippen LogP contribution in [-0.4, -0.2) is 49.9 Å². The topological polar surface area (TPSA) is 97.8 Å². The zero-order valence-electron chi connectivity index (χ0n) is 17.3. The van der Waals surface area contributed by atoms with E-state index in [4.69, 9.17) is 4.74 Å². The number of aromatic nitrogens is 4. The van der Waals surface area contributed by atoms with Crippen molar-refractivity contribution in [3.8, 4) is 6.07 Å². The highest BCUT2D eigenvalue weighted by Gasteiger charge is 2.30. The van der Waals surface area contributed by atoms with Gasteiger partial charge in [-0.25, -0.2) is 0 Å². The van der Waals surface area contributed by atoms with Gasteiger partial charge in [0.25, 0.3) is 0 Å². The van der Waals surface area contributed by atoms with Crippen molar-refractivity contribution in [2.24, 2.45) is 0 Å². The third-order valence-electron chi connectivity index (χ3n) is 5.61. The number of hydrogen-bond donors (Lipinski definition) is 1. The molecule has 2 aliphatic rings. The monoisotopic (exact) mass is 468 g/mol. The molecule has 0 saturated carbocycles. The van der Waals surface area contributed by atoms with E-state index in [0.717, 1.165) is 72.4 Å². The van der Waals surface area contributed by atoms with E-state index in [2.05, 4.69) is 21.6 Å². The number of nitrogens with one attached hydrogen (secondary N) is 1. The molecule has 1 N–H and O–H groups in total. The van der Waals surface area contributed by atoms with Crippen molar-refractivity contribution in [2.75, 3.05) is 17.7 Å². The maximum atomic E-state index is 12.7. The second kappa shape index (κ2) is 9.54. The molecule has 2 aromatic heterocycles. The first-order valence-electron chi connectivity index (χ1n) is 10.5. The predicted molar refractivity (Wildman–Crippen MR) is 110 cm³/mol. The van der Waals surface area contributed by atoms with Crippen molar-refractivity contribution in [1.29, 1.82) is 5.26 Å². The highest BCUT2D eigenvalue weighted by molar-refractivity contribution is 7.99. The van der Waals surface area contributed by atoms with Crippen LogP contribution in [0, 0.1) is 11.3 Å². The Kier molecular flexibility index (Phi) is 6.76. The molecule has 1 aliphatic carbocycles. The maximum absolute atomic E-state index is 12.7. The molecule has 1 fully saturated rings. The SMILES string of the molecule is N#Cc1c2c(n(CC3CCCO3)c1NC(=O)CSc1nncn1CC(F)(F)F)CCCC2. The Hall–Kier alpha value is -2.52. The molecular weight excluding hydrogens is 445 g/mol. The normalized spacial score (nSPS) is 18.4. The third kappa shape index (κ3) is 5.10. The lowest BCUT2D eigenvalue weighted by Crippen LogP contribution is -2.23. The standard InChI is InChI=1S/C20H23F3N6O2S/c21-20(22,23)11-28-12-25-27-19(28)32-10-17(30)26-18-15(8-24)14-5-1-2-6-16(14)29(18)9-13-4-3-7-31-13/h12-13H,1-7,9-11H2,(H,26,30). The van der Waals surface area contributed by atoms with Gasteiger partial charge in [0.05, 0.1) is 24.0 Å². The summed E-state index contributed by atoms with van der Waals surface area (Å²) in [5.41, 5.74) is 2.51. The molecule has 0 spiro atoms. The smallest absolute Gasteiger partial charge is 0.376 e. The van der Waals surface area contributed by atoms with Crippen molar-refractivity contribution in [2.45, 2.75) is 69.1 Å². The zero-order chi connectivity index (χ0) is 22.7. The van der Waals surface area contributed by atoms with Crippen LogP contribution in [0.5, 0.6) is 0 Å². The molecule has 2 aromatic rings. The lowest BCUT2D eigenvalue weighted by atomic mass is 9.95. The van der Waals surface area contributed by atoms with Gasteiger partial charge < -0.3 is 14.6 Å². The Morgan fingerprint density at radius 2 is 2.16 bits per heavy atom. The Morgan fingerprint density at radius 1 is 1.34 bits per heavy atom. The van der Waals surface area contributed by atoms with Gasteiger partial charge in [0.15, 0.2) is 5.16 Å². The first kappa shape index (κ1) is 22.7. The summed E-state index contributed by atoms with van der Waals surface area (Å²) in [4.78, 5) is 12.7. The summed E-state index contributed by atoms with van der Waals surface area (Å²) in [6.07, 6.45) is 2.15. The Balaban J connectivity index is 1.51. The average molecular weight is 469 g/mol. The van der Waals surface area contributed by atoms with Crippen LogP contribution in [0.15, 0.2) is 11.5 Å². The van der Waals surface area contributed by atoms with Crippen LogP contribution in [0.25, 0.3) is 0 Å². The van der Waals surface area contributed by atoms with Gasteiger partial charge in [-0.1, -0.05) is 11.8 Å². The molecule has 4 rings (SSSR count). The lowest BCUT2D eigenvalue weighted by Gasteiger charge is -2.19. The van der Waals surface area contributed by atoms with Gasteiger partial charge in [0.2, 0.25) is 5.91 Å². The number of ether oxygens (including phenoxy) is 1. The molecule has 172 valence electrons. The fourth-order valence-corrected chi connectivity index (χ4v) is 4.98. The minimum absolute atomic E-state index is 0.00649. The van der Waals surface area contributed by atoms with Crippen molar-refractivity contribution < 1.29 is 22.7 Å². The maximum Gasteiger partial charge on any atom is 0.406 e. The van der Waals surface area contributed by atoms with E-state index < -0.39 is 18.6 Å². The number of rotatable bonds is 7. The van der Waals surface area contributed by atoms with E-state index in [1.807, 2.05) is 4.57 Å². The Labute approximate surface area is 187 Å². The first-order chi connectivity index (χ1) is 15.4. The van der Waals surface area contributed by atoms with Crippen LogP contribution in [0.4, 0.5) is 19.0 Å². The number of thioether (sulfide) groups is 1. The number of carbonyl (C=O) groups excluding carboxylic acids is 1. The summed E-state index contributed by atoms with van der Waals surface area (Å²) >= 11 is 0.869. The fraction of sp³-hybridized carbons (Fsp3) is 0.600. The van der Waals surface area contributed by atoms with Gasteiger partial charge >= 0.3 is 6.18 Å². The van der Waals surface area contributed by atoms with Crippen molar-refractivity contribution >= 4 is 23.5 Å². The minimum atomic E-state index is -4.41. The molecule has 3 heterocycles. The van der Waals surface area contributed by atoms with Crippen LogP contribution >= 0.6 is 11.8 Å². The van der Waals surface area contributed by atoms with E-state index in [9.17, 15) is 23.2 Å². The molecular formula is C20H23F3N6O2S. The molecule has 1 amide bonds. The molecule has 1 aliphatic heterocycles. The number of amides is 1. The van der Waals surface area contributed by atoms with E-state index in [0.29, 0.717) is 24.5 Å². The predicted octanol–water partition coefficient (Wildman–Crippen LogP) is 3.30. The molecule has 32 heavy (non-hydrogen) atoms. The van der Waals surface area contributed by atoms with Crippen LogP contribution < -0.4 is 5.32 Å². The molecule has 0 aromatic carbocycles. The van der Waals surface area contributed by atoms with E-state index in [1.165, 1.54) is 0 Å². The summed E-state index contributed by atoms with van der Waals surface area (Å²) in [6.45, 7) is 0.0440. The van der Waals surface area contributed by atoms with Crippen molar-refractivity contribution in [3.63, 3.8) is 0 Å². The summed E-state index contributed by atoms with van der Waals surface area (Å²) in [5, 5.41) is 19.8. The Morgan fingerprint density at radius 3 is 2.88 bits per heavy atom. The first-order valence-corrected chi connectivity index (χ1v) is 11.5. The van der Waals surface area contributed by atoms with E-state index >= 15 is 0 Å². The Bertz CT molecular complexity index is 1020.